The summed E-state index contributed by atoms with van der Waals surface area (Å²) in [6.07, 6.45) is 0. The SMILES string of the molecule is COc1cccc(-c2noc(COC(=O)CSc3ccc4ccccc4c3)n2)c1. The van der Waals surface area contributed by atoms with Crippen LogP contribution in [0.5, 0.6) is 5.75 Å². The fourth-order valence-electron chi connectivity index (χ4n) is 2.78. The molecule has 0 saturated carbocycles. The Hall–Kier alpha value is -3.32. The molecule has 146 valence electrons. The number of methoxy groups -OCH3 is 1. The van der Waals surface area contributed by atoms with E-state index in [1.165, 1.54) is 17.1 Å². The molecule has 0 N–H and O–H groups in total. The number of carbonyl (C=O) groups excluding carboxylic acids is 1. The molecule has 0 aliphatic carbocycles. The molecule has 4 rings (SSSR count). The quantitative estimate of drug-likeness (QED) is 0.324. The number of thioether (sulfide) groups is 1. The van der Waals surface area contributed by atoms with Crippen LogP contribution in [0.25, 0.3) is 22.2 Å². The first-order valence-electron chi connectivity index (χ1n) is 8.95. The Morgan fingerprint density at radius 3 is 2.76 bits per heavy atom. The molecular weight excluding hydrogens is 388 g/mol. The van der Waals surface area contributed by atoms with E-state index in [0.717, 1.165) is 15.8 Å². The van der Waals surface area contributed by atoms with Crippen LogP contribution in [0, 0.1) is 0 Å². The van der Waals surface area contributed by atoms with Crippen LogP contribution in [-0.4, -0.2) is 29.0 Å². The van der Waals surface area contributed by atoms with Crippen molar-refractivity contribution in [1.29, 1.82) is 0 Å². The number of fused-ring (bicyclic) bond motifs is 1. The highest BCUT2D eigenvalue weighted by Crippen LogP contribution is 2.24. The minimum Gasteiger partial charge on any atom is -0.497 e. The van der Waals surface area contributed by atoms with Crippen LogP contribution in [0.3, 0.4) is 0 Å². The monoisotopic (exact) mass is 406 g/mol. The maximum absolute atomic E-state index is 12.1. The van der Waals surface area contributed by atoms with Gasteiger partial charge in [-0.25, -0.2) is 0 Å². The van der Waals surface area contributed by atoms with E-state index < -0.39 is 0 Å². The number of benzene rings is 3. The van der Waals surface area contributed by atoms with Gasteiger partial charge in [-0.3, -0.25) is 4.79 Å². The van der Waals surface area contributed by atoms with Crippen LogP contribution in [-0.2, 0) is 16.1 Å². The topological polar surface area (TPSA) is 74.5 Å². The van der Waals surface area contributed by atoms with Crippen LogP contribution in [0.2, 0.25) is 0 Å². The number of carbonyl (C=O) groups is 1. The van der Waals surface area contributed by atoms with E-state index in [0.29, 0.717) is 11.6 Å². The Morgan fingerprint density at radius 2 is 1.90 bits per heavy atom. The predicted molar refractivity (Wildman–Crippen MR) is 111 cm³/mol. The summed E-state index contributed by atoms with van der Waals surface area (Å²) in [5.41, 5.74) is 0.762. The first-order chi connectivity index (χ1) is 14.2. The van der Waals surface area contributed by atoms with E-state index in [9.17, 15) is 4.79 Å². The molecule has 0 amide bonds. The van der Waals surface area contributed by atoms with E-state index in [1.54, 1.807) is 13.2 Å². The normalized spacial score (nSPS) is 10.8. The van der Waals surface area contributed by atoms with Crippen LogP contribution >= 0.6 is 11.8 Å². The van der Waals surface area contributed by atoms with Crippen molar-refractivity contribution >= 4 is 28.5 Å². The third kappa shape index (κ3) is 4.75. The zero-order valence-electron chi connectivity index (χ0n) is 15.7. The molecule has 4 aromatic rings. The van der Waals surface area contributed by atoms with E-state index in [2.05, 4.69) is 22.3 Å². The Balaban J connectivity index is 1.31. The molecule has 0 radical (unpaired) electrons. The molecule has 1 aromatic heterocycles. The first-order valence-corrected chi connectivity index (χ1v) is 9.94. The minimum absolute atomic E-state index is 0.0614. The molecule has 0 aliphatic heterocycles. The Kier molecular flexibility index (Phi) is 5.76. The number of aromatic nitrogens is 2. The van der Waals surface area contributed by atoms with Gasteiger partial charge in [0, 0.05) is 10.5 Å². The number of rotatable bonds is 7. The minimum atomic E-state index is -0.343. The summed E-state index contributed by atoms with van der Waals surface area (Å²) < 4.78 is 15.6. The van der Waals surface area contributed by atoms with Gasteiger partial charge in [-0.1, -0.05) is 47.6 Å². The average molecular weight is 406 g/mol. The van der Waals surface area contributed by atoms with Crippen LogP contribution in [0.1, 0.15) is 5.89 Å². The van der Waals surface area contributed by atoms with Crippen molar-refractivity contribution in [3.63, 3.8) is 0 Å². The van der Waals surface area contributed by atoms with Crippen molar-refractivity contribution in [2.75, 3.05) is 12.9 Å². The summed E-state index contributed by atoms with van der Waals surface area (Å²) >= 11 is 1.43. The van der Waals surface area contributed by atoms with Gasteiger partial charge in [0.15, 0.2) is 6.61 Å². The summed E-state index contributed by atoms with van der Waals surface area (Å²) in [6, 6.07) is 21.5. The maximum Gasteiger partial charge on any atom is 0.316 e. The van der Waals surface area contributed by atoms with Gasteiger partial charge in [-0.05, 0) is 35.0 Å². The molecule has 0 saturated heterocycles. The van der Waals surface area contributed by atoms with Gasteiger partial charge < -0.3 is 14.0 Å². The molecule has 29 heavy (non-hydrogen) atoms. The number of hydrogen-bond acceptors (Lipinski definition) is 7. The second-order valence-corrected chi connectivity index (χ2v) is 7.25. The van der Waals surface area contributed by atoms with E-state index in [4.69, 9.17) is 14.0 Å². The zero-order valence-corrected chi connectivity index (χ0v) is 16.5. The first kappa shape index (κ1) is 19.0. The van der Waals surface area contributed by atoms with Crippen molar-refractivity contribution in [2.45, 2.75) is 11.5 Å². The summed E-state index contributed by atoms with van der Waals surface area (Å²) in [5.74, 6) is 1.22. The molecule has 0 fully saturated rings. The fourth-order valence-corrected chi connectivity index (χ4v) is 3.52. The summed E-state index contributed by atoms with van der Waals surface area (Å²) in [7, 11) is 1.59. The predicted octanol–water partition coefficient (Wildman–Crippen LogP) is 4.73. The van der Waals surface area contributed by atoms with Crippen molar-refractivity contribution < 1.29 is 18.8 Å². The van der Waals surface area contributed by atoms with Crippen molar-refractivity contribution in [3.8, 4) is 17.1 Å². The van der Waals surface area contributed by atoms with E-state index in [-0.39, 0.29) is 24.2 Å². The molecule has 3 aromatic carbocycles. The standard InChI is InChI=1S/C22H18N2O4S/c1-26-18-8-4-7-17(11-18)22-23-20(28-24-22)13-27-21(25)14-29-19-10-9-15-5-2-3-6-16(15)12-19/h2-12H,13-14H2,1H3. The fraction of sp³-hybridized carbons (Fsp3) is 0.136. The van der Waals surface area contributed by atoms with Crippen molar-refractivity contribution in [3.05, 3.63) is 72.6 Å². The number of hydrogen-bond donors (Lipinski definition) is 0. The van der Waals surface area contributed by atoms with Crippen LogP contribution in [0.4, 0.5) is 0 Å². The second-order valence-electron chi connectivity index (χ2n) is 6.20. The van der Waals surface area contributed by atoms with E-state index >= 15 is 0 Å². The molecule has 1 heterocycles. The summed E-state index contributed by atoms with van der Waals surface area (Å²) in [5, 5.41) is 6.23. The number of ether oxygens (including phenoxy) is 2. The lowest BCUT2D eigenvalue weighted by molar-refractivity contribution is -0.142. The molecule has 0 atom stereocenters. The van der Waals surface area contributed by atoms with Gasteiger partial charge in [0.25, 0.3) is 5.89 Å². The second kappa shape index (κ2) is 8.79. The molecule has 0 spiro atoms. The Morgan fingerprint density at radius 1 is 1.03 bits per heavy atom. The third-order valence-electron chi connectivity index (χ3n) is 4.23. The highest BCUT2D eigenvalue weighted by Gasteiger charge is 2.12. The lowest BCUT2D eigenvalue weighted by atomic mass is 10.1. The molecule has 7 heteroatoms. The maximum atomic E-state index is 12.1. The Labute approximate surface area is 171 Å². The van der Waals surface area contributed by atoms with Gasteiger partial charge >= 0.3 is 5.97 Å². The largest absolute Gasteiger partial charge is 0.497 e. The smallest absolute Gasteiger partial charge is 0.316 e. The lowest BCUT2D eigenvalue weighted by Crippen LogP contribution is -2.07. The molecular formula is C22H18N2O4S. The van der Waals surface area contributed by atoms with E-state index in [1.807, 2.05) is 48.5 Å². The van der Waals surface area contributed by atoms with Gasteiger partial charge in [0.2, 0.25) is 5.82 Å². The average Bonchev–Trinajstić information content (AvgIpc) is 3.25. The number of esters is 1. The van der Waals surface area contributed by atoms with Gasteiger partial charge in [-0.15, -0.1) is 11.8 Å². The molecule has 0 unspecified atom stereocenters. The van der Waals surface area contributed by atoms with Crippen LogP contribution in [0.15, 0.2) is 76.1 Å². The third-order valence-corrected chi connectivity index (χ3v) is 5.20. The highest BCUT2D eigenvalue weighted by atomic mass is 32.2. The summed E-state index contributed by atoms with van der Waals surface area (Å²) in [6.45, 7) is -0.0614. The molecule has 0 aliphatic rings. The Bertz CT molecular complexity index is 1140. The molecule has 0 bridgehead atoms. The summed E-state index contributed by atoms with van der Waals surface area (Å²) in [4.78, 5) is 17.3. The molecule has 6 nitrogen and oxygen atoms in total. The zero-order chi connectivity index (χ0) is 20.1. The van der Waals surface area contributed by atoms with Gasteiger partial charge in [0.05, 0.1) is 12.9 Å². The number of nitrogens with zero attached hydrogens (tertiary/aromatic N) is 2. The van der Waals surface area contributed by atoms with Crippen molar-refractivity contribution in [2.24, 2.45) is 0 Å². The van der Waals surface area contributed by atoms with Crippen molar-refractivity contribution in [1.82, 2.24) is 10.1 Å². The highest BCUT2D eigenvalue weighted by molar-refractivity contribution is 8.00. The van der Waals surface area contributed by atoms with Gasteiger partial charge in [0.1, 0.15) is 5.75 Å². The van der Waals surface area contributed by atoms with Gasteiger partial charge in [-0.2, -0.15) is 4.98 Å². The lowest BCUT2D eigenvalue weighted by Gasteiger charge is -2.04. The van der Waals surface area contributed by atoms with Crippen LogP contribution < -0.4 is 4.74 Å².